The summed E-state index contributed by atoms with van der Waals surface area (Å²) in [5, 5.41) is 54.3. The fourth-order valence-corrected chi connectivity index (χ4v) is 11.1. The molecule has 30 heteroatoms. The fourth-order valence-electron chi connectivity index (χ4n) is 10.7. The maximum Gasteiger partial charge on any atom is 0.251 e. The number of hydrogen-bond acceptors (Lipinski definition) is 18. The molecular weight excluding hydrogens is 1300 g/mol. The van der Waals surface area contributed by atoms with Crippen molar-refractivity contribution in [2.75, 3.05) is 35.8 Å². The van der Waals surface area contributed by atoms with Gasteiger partial charge in [0.05, 0.1) is 130 Å². The second-order valence-electron chi connectivity index (χ2n) is 22.4. The van der Waals surface area contributed by atoms with Gasteiger partial charge in [0.1, 0.15) is 17.5 Å². The van der Waals surface area contributed by atoms with Gasteiger partial charge < -0.3 is 45.0 Å². The number of halogens is 6. The van der Waals surface area contributed by atoms with Gasteiger partial charge in [0, 0.05) is 84.3 Å². The van der Waals surface area contributed by atoms with Crippen LogP contribution in [-0.4, -0.2) is 108 Å². The quantitative estimate of drug-likeness (QED) is 0.0347. The minimum absolute atomic E-state index is 0.0640. The standard InChI is InChI=1S/C66H56Cl3F3N18O6/c1-36(2)90-31-47(27-75-90)79-66-76-44(24-55(82-66)39-13-17-89(63(96)23-39)60(35-93)43-5-8-49(68)53(72)20-43)28-85-30-46(26-74-85)78-65-77-45(25-56(81-65)40-12-16-87(62(95)22-40)58(33-91)41-6-9-51(70)50(69)18-41)29-86-32-57(37(3)84-86)83-64-73-14-10-54(80-64)38-11-15-88(61(94)21-38)59(34-92)42-4-7-48(67)52(71)19-42/h4-27,30-32,36,58-60,91-93H,28-29,33-35H2,1-3H3,(H,73,80,83)(H,76,79,82)(H,77,78,81). The lowest BCUT2D eigenvalue weighted by Gasteiger charge is -2.19. The van der Waals surface area contributed by atoms with Crippen LogP contribution in [0.2, 0.25) is 15.1 Å². The number of rotatable bonds is 23. The van der Waals surface area contributed by atoms with E-state index in [4.69, 9.17) is 59.8 Å². The summed E-state index contributed by atoms with van der Waals surface area (Å²) in [7, 11) is 0. The average Bonchev–Trinajstić information content (AvgIpc) is 1.03. The molecule has 0 radical (unpaired) electrons. The van der Waals surface area contributed by atoms with Gasteiger partial charge in [-0.3, -0.25) is 28.4 Å². The summed E-state index contributed by atoms with van der Waals surface area (Å²) >= 11 is 17.9. The molecule has 3 aromatic carbocycles. The van der Waals surface area contributed by atoms with E-state index in [0.29, 0.717) is 84.6 Å². The summed E-state index contributed by atoms with van der Waals surface area (Å²) in [6, 6.07) is 23.5. The first-order valence-corrected chi connectivity index (χ1v) is 30.8. The highest BCUT2D eigenvalue weighted by Gasteiger charge is 2.22. The molecule has 0 spiro atoms. The Kier molecular flexibility index (Phi) is 19.1. The lowest BCUT2D eigenvalue weighted by molar-refractivity contribution is 0.246. The zero-order valence-corrected chi connectivity index (χ0v) is 53.2. The third-order valence-corrected chi connectivity index (χ3v) is 16.5. The van der Waals surface area contributed by atoms with Crippen molar-refractivity contribution in [1.29, 1.82) is 0 Å². The van der Waals surface area contributed by atoms with Gasteiger partial charge in [-0.05, 0) is 110 Å². The van der Waals surface area contributed by atoms with Gasteiger partial charge in [0.25, 0.3) is 16.7 Å². The summed E-state index contributed by atoms with van der Waals surface area (Å²) in [4.78, 5) is 69.7. The Labute approximate surface area is 558 Å². The van der Waals surface area contributed by atoms with Gasteiger partial charge in [-0.2, -0.15) is 15.3 Å². The third kappa shape index (κ3) is 14.5. The zero-order valence-electron chi connectivity index (χ0n) is 51.0. The van der Waals surface area contributed by atoms with E-state index in [-0.39, 0.29) is 52.0 Å². The van der Waals surface area contributed by atoms with E-state index in [0.717, 1.165) is 6.07 Å². The Morgan fingerprint density at radius 1 is 0.490 bits per heavy atom. The molecule has 0 saturated carbocycles. The molecule has 12 rings (SSSR count). The predicted molar refractivity (Wildman–Crippen MR) is 355 cm³/mol. The number of aliphatic hydroxyl groups excluding tert-OH is 3. The molecule has 0 bridgehead atoms. The average molecular weight is 1360 g/mol. The lowest BCUT2D eigenvalue weighted by Crippen LogP contribution is -2.27. The smallest absolute Gasteiger partial charge is 0.251 e. The molecule has 0 amide bonds. The summed E-state index contributed by atoms with van der Waals surface area (Å²) in [6.45, 7) is 4.42. The molecule has 0 saturated heterocycles. The highest BCUT2D eigenvalue weighted by molar-refractivity contribution is 6.31. The molecule has 12 aromatic rings. The van der Waals surface area contributed by atoms with Crippen LogP contribution in [0.4, 0.5) is 48.1 Å². The van der Waals surface area contributed by atoms with E-state index in [2.05, 4.69) is 36.1 Å². The summed E-state index contributed by atoms with van der Waals surface area (Å²) in [5.74, 6) is -1.57. The van der Waals surface area contributed by atoms with Crippen LogP contribution in [0.25, 0.3) is 33.8 Å². The first-order valence-electron chi connectivity index (χ1n) is 29.6. The maximum absolute atomic E-state index is 14.5. The van der Waals surface area contributed by atoms with Gasteiger partial charge in [-0.1, -0.05) is 53.0 Å². The van der Waals surface area contributed by atoms with Crippen molar-refractivity contribution in [3.05, 3.63) is 262 Å². The molecule has 96 heavy (non-hydrogen) atoms. The number of aromatic nitrogens is 15. The minimum atomic E-state index is -0.916. The highest BCUT2D eigenvalue weighted by atomic mass is 35.5. The number of nitrogens with zero attached hydrogens (tertiary/aromatic N) is 15. The summed E-state index contributed by atoms with van der Waals surface area (Å²) < 4.78 is 52.0. The molecule has 0 aliphatic carbocycles. The maximum atomic E-state index is 14.5. The third-order valence-electron chi connectivity index (χ3n) is 15.6. The summed E-state index contributed by atoms with van der Waals surface area (Å²) in [6.07, 6.45) is 14.4. The Balaban J connectivity index is 0.827. The number of anilines is 6. The van der Waals surface area contributed by atoms with Crippen molar-refractivity contribution in [2.45, 2.75) is 58.0 Å². The van der Waals surface area contributed by atoms with Crippen molar-refractivity contribution in [3.63, 3.8) is 0 Å². The van der Waals surface area contributed by atoms with Crippen molar-refractivity contribution in [3.8, 4) is 33.8 Å². The van der Waals surface area contributed by atoms with Crippen LogP contribution < -0.4 is 32.6 Å². The molecule has 0 fully saturated rings. The molecule has 3 atom stereocenters. The van der Waals surface area contributed by atoms with E-state index in [1.165, 1.54) is 105 Å². The lowest BCUT2D eigenvalue weighted by atomic mass is 10.1. The van der Waals surface area contributed by atoms with Crippen LogP contribution in [0.15, 0.2) is 179 Å². The number of pyridine rings is 3. The zero-order chi connectivity index (χ0) is 67.5. The first kappa shape index (κ1) is 65.4. The number of aryl methyl sites for hydroxylation is 1. The van der Waals surface area contributed by atoms with E-state index < -0.39 is 72.1 Å². The highest BCUT2D eigenvalue weighted by Crippen LogP contribution is 2.30. The first-order chi connectivity index (χ1) is 46.3. The molecule has 24 nitrogen and oxygen atoms in total. The molecule has 9 heterocycles. The van der Waals surface area contributed by atoms with E-state index in [9.17, 15) is 42.9 Å². The molecule has 488 valence electrons. The van der Waals surface area contributed by atoms with Gasteiger partial charge in [0.15, 0.2) is 0 Å². The van der Waals surface area contributed by atoms with E-state index in [1.807, 2.05) is 13.8 Å². The fraction of sp³-hybridized carbons (Fsp3) is 0.182. The molecular formula is C66H56Cl3F3N18O6. The Bertz CT molecular complexity index is 5080. The predicted octanol–water partition coefficient (Wildman–Crippen LogP) is 10.5. The Morgan fingerprint density at radius 2 is 0.969 bits per heavy atom. The van der Waals surface area contributed by atoms with Gasteiger partial charge in [-0.25, -0.2) is 43.1 Å². The number of hydrogen-bond donors (Lipinski definition) is 6. The molecule has 0 aliphatic heterocycles. The molecule has 9 aromatic heterocycles. The van der Waals surface area contributed by atoms with Crippen molar-refractivity contribution in [1.82, 2.24) is 72.9 Å². The SMILES string of the molecule is Cc1nn(Cc2cc(-c3ccn(C(CO)c4ccc(F)c(Cl)c4)c(=O)c3)nc(Nc3cnn(Cc4cc(-c5ccn(C(CO)c6ccc(Cl)c(F)c6)c(=O)c5)nc(Nc5cnn(C(C)C)c5)n4)c3)n2)cc1Nc1nccc(-c2ccn(C(CO)c3ccc(Cl)c(F)c3)c(=O)c2)n1. The largest absolute Gasteiger partial charge is 0.394 e. The van der Waals surface area contributed by atoms with Crippen LogP contribution in [0, 0.1) is 24.4 Å². The van der Waals surface area contributed by atoms with Crippen molar-refractivity contribution < 1.29 is 28.5 Å². The second-order valence-corrected chi connectivity index (χ2v) is 23.7. The van der Waals surface area contributed by atoms with E-state index in [1.54, 1.807) is 88.4 Å². The van der Waals surface area contributed by atoms with Gasteiger partial charge in [-0.15, -0.1) is 0 Å². The second kappa shape index (κ2) is 28.1. The van der Waals surface area contributed by atoms with E-state index >= 15 is 0 Å². The van der Waals surface area contributed by atoms with Gasteiger partial charge >= 0.3 is 0 Å². The number of aliphatic hydroxyl groups is 3. The van der Waals surface area contributed by atoms with Crippen LogP contribution in [0.3, 0.4) is 0 Å². The minimum Gasteiger partial charge on any atom is -0.394 e. The normalized spacial score (nSPS) is 12.5. The molecule has 0 aliphatic rings. The number of nitrogens with one attached hydrogen (secondary N) is 3. The Hall–Kier alpha value is -10.7. The summed E-state index contributed by atoms with van der Waals surface area (Å²) in [5.41, 5.74) is 4.99. The monoisotopic (exact) mass is 1360 g/mol. The Morgan fingerprint density at radius 3 is 1.46 bits per heavy atom. The topological polar surface area (TPSA) is 294 Å². The van der Waals surface area contributed by atoms with Crippen LogP contribution >= 0.6 is 34.8 Å². The van der Waals surface area contributed by atoms with Crippen LogP contribution in [-0.2, 0) is 13.1 Å². The number of benzene rings is 3. The van der Waals surface area contributed by atoms with Gasteiger partial charge in [0.2, 0.25) is 17.8 Å². The van der Waals surface area contributed by atoms with Crippen LogP contribution in [0.5, 0.6) is 0 Å². The van der Waals surface area contributed by atoms with Crippen LogP contribution in [0.1, 0.15) is 71.8 Å². The molecule has 3 unspecified atom stereocenters. The molecule has 6 N–H and O–H groups in total. The van der Waals surface area contributed by atoms with Crippen molar-refractivity contribution >= 4 is 69.7 Å². The van der Waals surface area contributed by atoms with Crippen molar-refractivity contribution in [2.24, 2.45) is 0 Å².